The van der Waals surface area contributed by atoms with Crippen molar-refractivity contribution in [3.8, 4) is 0 Å². The van der Waals surface area contributed by atoms with E-state index in [2.05, 4.69) is 5.32 Å². The lowest BCUT2D eigenvalue weighted by Gasteiger charge is -2.32. The van der Waals surface area contributed by atoms with Crippen LogP contribution in [0.25, 0.3) is 0 Å². The first kappa shape index (κ1) is 29.2. The molecule has 0 spiro atoms. The summed E-state index contributed by atoms with van der Waals surface area (Å²) in [4.78, 5) is 28.4. The molecule has 7 nitrogen and oxygen atoms in total. The monoisotopic (exact) mass is 555 g/mol. The minimum absolute atomic E-state index is 0.0514. The number of anilines is 1. The first-order valence-corrected chi connectivity index (χ1v) is 14.3. The van der Waals surface area contributed by atoms with Crippen molar-refractivity contribution < 1.29 is 18.0 Å². The molecule has 202 valence electrons. The van der Waals surface area contributed by atoms with Crippen LogP contribution in [-0.4, -0.2) is 43.8 Å². The predicted octanol–water partition coefficient (Wildman–Crippen LogP) is 5.18. The fourth-order valence-electron chi connectivity index (χ4n) is 3.91. The van der Waals surface area contributed by atoms with Gasteiger partial charge in [-0.05, 0) is 69.2 Å². The lowest BCUT2D eigenvalue weighted by Crippen LogP contribution is -2.52. The maximum absolute atomic E-state index is 13.9. The van der Waals surface area contributed by atoms with Crippen LogP contribution in [-0.2, 0) is 26.2 Å². The fraction of sp³-hybridized carbons (Fsp3) is 0.310. The van der Waals surface area contributed by atoms with Crippen LogP contribution in [0.4, 0.5) is 5.69 Å². The summed E-state index contributed by atoms with van der Waals surface area (Å²) in [5.74, 6) is -0.808. The number of benzene rings is 3. The van der Waals surface area contributed by atoms with Gasteiger partial charge in [-0.3, -0.25) is 13.9 Å². The number of halogens is 1. The smallest absolute Gasteiger partial charge is 0.264 e. The van der Waals surface area contributed by atoms with E-state index in [1.165, 1.54) is 17.0 Å². The van der Waals surface area contributed by atoms with Crippen molar-refractivity contribution in [3.63, 3.8) is 0 Å². The van der Waals surface area contributed by atoms with E-state index in [1.807, 2.05) is 45.0 Å². The van der Waals surface area contributed by atoms with Crippen LogP contribution < -0.4 is 9.62 Å². The molecule has 0 aromatic heterocycles. The van der Waals surface area contributed by atoms with Crippen LogP contribution >= 0.6 is 11.6 Å². The third kappa shape index (κ3) is 7.36. The molecule has 0 heterocycles. The molecule has 38 heavy (non-hydrogen) atoms. The second-order valence-corrected chi connectivity index (χ2v) is 11.6. The summed E-state index contributed by atoms with van der Waals surface area (Å²) in [6.45, 7) is 7.12. The van der Waals surface area contributed by atoms with Crippen molar-refractivity contribution in [1.82, 2.24) is 10.2 Å². The van der Waals surface area contributed by atoms with Crippen LogP contribution in [0, 0.1) is 6.92 Å². The van der Waals surface area contributed by atoms with E-state index in [9.17, 15) is 18.0 Å². The second-order valence-electron chi connectivity index (χ2n) is 9.31. The number of aryl methyl sites for hydroxylation is 1. The molecule has 3 rings (SSSR count). The predicted molar refractivity (Wildman–Crippen MR) is 152 cm³/mol. The number of carbonyl (C=O) groups excluding carboxylic acids is 2. The molecule has 9 heteroatoms. The molecule has 0 aliphatic rings. The highest BCUT2D eigenvalue weighted by Gasteiger charge is 2.32. The number of hydrogen-bond donors (Lipinski definition) is 1. The van der Waals surface area contributed by atoms with Gasteiger partial charge in [-0.25, -0.2) is 8.42 Å². The standard InChI is InChI=1S/C29H34ClN3O4S/c1-5-22(3)31-29(35)23(4)32(19-24-11-9-10-21(2)18-24)28(34)20-33(26-16-14-25(30)15-17-26)38(36,37)27-12-7-6-8-13-27/h6-18,22-23H,5,19-20H2,1-4H3,(H,31,35)/t22-,23+/m1/s1. The highest BCUT2D eigenvalue weighted by atomic mass is 35.5. The first-order chi connectivity index (χ1) is 18.0. The zero-order valence-electron chi connectivity index (χ0n) is 22.1. The summed E-state index contributed by atoms with van der Waals surface area (Å²) in [5, 5.41) is 3.37. The molecule has 1 N–H and O–H groups in total. The van der Waals surface area contributed by atoms with Gasteiger partial charge in [-0.1, -0.05) is 66.6 Å². The minimum Gasteiger partial charge on any atom is -0.352 e. The van der Waals surface area contributed by atoms with Gasteiger partial charge in [0, 0.05) is 17.6 Å². The molecular weight excluding hydrogens is 522 g/mol. The molecule has 0 saturated carbocycles. The summed E-state index contributed by atoms with van der Waals surface area (Å²) in [6.07, 6.45) is 0.740. The highest BCUT2D eigenvalue weighted by Crippen LogP contribution is 2.26. The van der Waals surface area contributed by atoms with Gasteiger partial charge in [0.1, 0.15) is 12.6 Å². The number of amides is 2. The van der Waals surface area contributed by atoms with Gasteiger partial charge in [0.2, 0.25) is 11.8 Å². The van der Waals surface area contributed by atoms with Crippen molar-refractivity contribution in [2.45, 2.75) is 57.6 Å². The zero-order chi connectivity index (χ0) is 27.9. The van der Waals surface area contributed by atoms with Crippen LogP contribution in [0.1, 0.15) is 38.3 Å². The average molecular weight is 556 g/mol. The Kier molecular flexibility index (Phi) is 9.94. The van der Waals surface area contributed by atoms with Crippen LogP contribution in [0.2, 0.25) is 5.02 Å². The molecule has 0 aliphatic carbocycles. The Morgan fingerprint density at radius 1 is 0.947 bits per heavy atom. The quantitative estimate of drug-likeness (QED) is 0.353. The van der Waals surface area contributed by atoms with Crippen molar-refractivity contribution in [2.24, 2.45) is 0 Å². The van der Waals surface area contributed by atoms with Gasteiger partial charge in [0.05, 0.1) is 10.6 Å². The van der Waals surface area contributed by atoms with E-state index in [4.69, 9.17) is 11.6 Å². The average Bonchev–Trinajstić information content (AvgIpc) is 2.90. The Balaban J connectivity index is 2.01. The Labute approximate surface area is 230 Å². The van der Waals surface area contributed by atoms with Gasteiger partial charge in [-0.2, -0.15) is 0 Å². The molecule has 0 fully saturated rings. The van der Waals surface area contributed by atoms with Gasteiger partial charge in [-0.15, -0.1) is 0 Å². The second kappa shape index (κ2) is 12.9. The Bertz CT molecular complexity index is 1350. The largest absolute Gasteiger partial charge is 0.352 e. The molecule has 0 unspecified atom stereocenters. The number of nitrogens with zero attached hydrogens (tertiary/aromatic N) is 2. The summed E-state index contributed by atoms with van der Waals surface area (Å²) in [5.41, 5.74) is 2.14. The number of nitrogens with one attached hydrogen (secondary N) is 1. The number of hydrogen-bond acceptors (Lipinski definition) is 4. The summed E-state index contributed by atoms with van der Waals surface area (Å²) < 4.78 is 28.5. The normalized spacial score (nSPS) is 12.9. The Hall–Kier alpha value is -3.36. The fourth-order valence-corrected chi connectivity index (χ4v) is 5.47. The molecule has 3 aromatic carbocycles. The van der Waals surface area contributed by atoms with E-state index in [0.29, 0.717) is 10.7 Å². The first-order valence-electron chi connectivity index (χ1n) is 12.5. The summed E-state index contributed by atoms with van der Waals surface area (Å²) in [6, 6.07) is 20.9. The van der Waals surface area contributed by atoms with Gasteiger partial charge in [0.15, 0.2) is 0 Å². The van der Waals surface area contributed by atoms with Crippen LogP contribution in [0.15, 0.2) is 83.8 Å². The number of rotatable bonds is 11. The lowest BCUT2D eigenvalue weighted by atomic mass is 10.1. The Morgan fingerprint density at radius 3 is 2.21 bits per heavy atom. The maximum atomic E-state index is 13.9. The SMILES string of the molecule is CC[C@@H](C)NC(=O)[C@H](C)N(Cc1cccc(C)c1)C(=O)CN(c1ccc(Cl)cc1)S(=O)(=O)c1ccccc1. The van der Waals surface area contributed by atoms with Crippen molar-refractivity contribution in [2.75, 3.05) is 10.8 Å². The van der Waals surface area contributed by atoms with Crippen LogP contribution in [0.5, 0.6) is 0 Å². The molecule has 3 aromatic rings. The third-order valence-electron chi connectivity index (χ3n) is 6.33. The van der Waals surface area contributed by atoms with E-state index >= 15 is 0 Å². The van der Waals surface area contributed by atoms with Crippen LogP contribution in [0.3, 0.4) is 0 Å². The van der Waals surface area contributed by atoms with Crippen molar-refractivity contribution in [3.05, 3.63) is 95.0 Å². The van der Waals surface area contributed by atoms with Gasteiger partial charge >= 0.3 is 0 Å². The summed E-state index contributed by atoms with van der Waals surface area (Å²) >= 11 is 6.05. The van der Waals surface area contributed by atoms with Gasteiger partial charge in [0.25, 0.3) is 10.0 Å². The zero-order valence-corrected chi connectivity index (χ0v) is 23.7. The maximum Gasteiger partial charge on any atom is 0.264 e. The summed E-state index contributed by atoms with van der Waals surface area (Å²) in [7, 11) is -4.10. The van der Waals surface area contributed by atoms with Crippen molar-refractivity contribution >= 4 is 39.1 Å². The van der Waals surface area contributed by atoms with E-state index in [0.717, 1.165) is 21.9 Å². The number of carbonyl (C=O) groups is 2. The third-order valence-corrected chi connectivity index (χ3v) is 8.37. The molecule has 0 bridgehead atoms. The minimum atomic E-state index is -4.10. The van der Waals surface area contributed by atoms with E-state index in [-0.39, 0.29) is 23.4 Å². The molecule has 0 radical (unpaired) electrons. The number of sulfonamides is 1. The molecule has 2 atom stereocenters. The molecule has 0 saturated heterocycles. The molecular formula is C29H34ClN3O4S. The van der Waals surface area contributed by atoms with Crippen molar-refractivity contribution in [1.29, 1.82) is 0 Å². The Morgan fingerprint density at radius 2 is 1.61 bits per heavy atom. The van der Waals surface area contributed by atoms with E-state index < -0.39 is 28.5 Å². The highest BCUT2D eigenvalue weighted by molar-refractivity contribution is 7.92. The lowest BCUT2D eigenvalue weighted by molar-refractivity contribution is -0.139. The topological polar surface area (TPSA) is 86.8 Å². The molecule has 0 aliphatic heterocycles. The molecule has 2 amide bonds. The van der Waals surface area contributed by atoms with E-state index in [1.54, 1.807) is 49.4 Å². The van der Waals surface area contributed by atoms with Gasteiger partial charge < -0.3 is 10.2 Å².